The van der Waals surface area contributed by atoms with Crippen LogP contribution in [0.15, 0.2) is 18.3 Å². The van der Waals surface area contributed by atoms with E-state index in [9.17, 15) is 0 Å². The zero-order valence-electron chi connectivity index (χ0n) is 7.79. The van der Waals surface area contributed by atoms with E-state index < -0.39 is 0 Å². The van der Waals surface area contributed by atoms with Gasteiger partial charge in [-0.05, 0) is 34.7 Å². The third-order valence-corrected chi connectivity index (χ3v) is 3.30. The summed E-state index contributed by atoms with van der Waals surface area (Å²) in [6, 6.07) is 3.82. The first kappa shape index (κ1) is 9.64. The molecule has 0 aliphatic rings. The summed E-state index contributed by atoms with van der Waals surface area (Å²) in [5, 5.41) is 1.03. The van der Waals surface area contributed by atoms with Gasteiger partial charge in [-0.1, -0.05) is 6.92 Å². The molecule has 0 aliphatic heterocycles. The van der Waals surface area contributed by atoms with Crippen LogP contribution < -0.4 is 5.73 Å². The van der Waals surface area contributed by atoms with Crippen LogP contribution in [0.1, 0.15) is 12.7 Å². The lowest BCUT2D eigenvalue weighted by Gasteiger charge is -2.03. The standard InChI is InChI=1S/C10H10IN3/c1-2-9-13-5-6-8(14-9)4-3-7(12)10(6)11/h3-5H,2,12H2,1H3. The number of hydrogen-bond acceptors (Lipinski definition) is 3. The maximum Gasteiger partial charge on any atom is 0.128 e. The topological polar surface area (TPSA) is 51.8 Å². The number of nitrogen functional groups attached to an aromatic ring is 1. The minimum atomic E-state index is 0.783. The van der Waals surface area contributed by atoms with Crippen LogP contribution in [0.3, 0.4) is 0 Å². The Bertz CT molecular complexity index is 482. The minimum absolute atomic E-state index is 0.783. The Morgan fingerprint density at radius 1 is 1.43 bits per heavy atom. The average Bonchev–Trinajstić information content (AvgIpc) is 2.23. The molecule has 3 nitrogen and oxygen atoms in total. The zero-order chi connectivity index (χ0) is 10.1. The van der Waals surface area contributed by atoms with Gasteiger partial charge >= 0.3 is 0 Å². The molecule has 0 aliphatic carbocycles. The van der Waals surface area contributed by atoms with E-state index in [-0.39, 0.29) is 0 Å². The monoisotopic (exact) mass is 299 g/mol. The summed E-state index contributed by atoms with van der Waals surface area (Å²) in [7, 11) is 0. The van der Waals surface area contributed by atoms with Crippen molar-refractivity contribution < 1.29 is 0 Å². The maximum absolute atomic E-state index is 5.79. The van der Waals surface area contributed by atoms with Crippen LogP contribution in [0.25, 0.3) is 10.9 Å². The number of fused-ring (bicyclic) bond motifs is 1. The summed E-state index contributed by atoms with van der Waals surface area (Å²) < 4.78 is 1.03. The van der Waals surface area contributed by atoms with E-state index in [2.05, 4.69) is 32.6 Å². The van der Waals surface area contributed by atoms with Crippen molar-refractivity contribution in [3.05, 3.63) is 27.7 Å². The Kier molecular flexibility index (Phi) is 2.54. The predicted molar refractivity (Wildman–Crippen MR) is 66.0 cm³/mol. The predicted octanol–water partition coefficient (Wildman–Crippen LogP) is 2.38. The number of nitrogens with zero attached hydrogens (tertiary/aromatic N) is 2. The van der Waals surface area contributed by atoms with Gasteiger partial charge in [-0.25, -0.2) is 9.97 Å². The smallest absolute Gasteiger partial charge is 0.128 e. The second-order valence-electron chi connectivity index (χ2n) is 3.04. The fourth-order valence-electron chi connectivity index (χ4n) is 1.30. The Hall–Kier alpha value is -0.910. The van der Waals surface area contributed by atoms with Gasteiger partial charge in [0.05, 0.1) is 5.52 Å². The van der Waals surface area contributed by atoms with E-state index >= 15 is 0 Å². The molecule has 14 heavy (non-hydrogen) atoms. The molecule has 0 unspecified atom stereocenters. The third kappa shape index (κ3) is 1.54. The maximum atomic E-state index is 5.79. The molecule has 1 aromatic carbocycles. The van der Waals surface area contributed by atoms with Gasteiger partial charge in [0.25, 0.3) is 0 Å². The van der Waals surface area contributed by atoms with E-state index in [1.807, 2.05) is 25.3 Å². The van der Waals surface area contributed by atoms with Crippen LogP contribution in [0.5, 0.6) is 0 Å². The molecule has 1 aromatic heterocycles. The molecular weight excluding hydrogens is 289 g/mol. The molecule has 2 rings (SSSR count). The number of benzene rings is 1. The molecule has 0 saturated carbocycles. The van der Waals surface area contributed by atoms with Gasteiger partial charge < -0.3 is 5.73 Å². The lowest BCUT2D eigenvalue weighted by atomic mass is 10.2. The highest BCUT2D eigenvalue weighted by atomic mass is 127. The van der Waals surface area contributed by atoms with Crippen molar-refractivity contribution in [3.63, 3.8) is 0 Å². The van der Waals surface area contributed by atoms with E-state index in [4.69, 9.17) is 5.73 Å². The van der Waals surface area contributed by atoms with Gasteiger partial charge in [-0.2, -0.15) is 0 Å². The number of hydrogen-bond donors (Lipinski definition) is 1. The van der Waals surface area contributed by atoms with E-state index in [0.717, 1.165) is 32.4 Å². The van der Waals surface area contributed by atoms with Crippen LogP contribution in [0.4, 0.5) is 5.69 Å². The van der Waals surface area contributed by atoms with Gasteiger partial charge in [-0.3, -0.25) is 0 Å². The van der Waals surface area contributed by atoms with Crippen molar-refractivity contribution in [3.8, 4) is 0 Å². The summed E-state index contributed by atoms with van der Waals surface area (Å²) >= 11 is 2.22. The molecule has 0 bridgehead atoms. The lowest BCUT2D eigenvalue weighted by molar-refractivity contribution is 0.960. The number of anilines is 1. The number of nitrogens with two attached hydrogens (primary N) is 1. The van der Waals surface area contributed by atoms with Gasteiger partial charge in [-0.15, -0.1) is 0 Å². The van der Waals surface area contributed by atoms with Gasteiger partial charge in [0.15, 0.2) is 0 Å². The fourth-order valence-corrected chi connectivity index (χ4v) is 1.89. The highest BCUT2D eigenvalue weighted by molar-refractivity contribution is 14.1. The summed E-state index contributed by atoms with van der Waals surface area (Å²) in [4.78, 5) is 8.68. The van der Waals surface area contributed by atoms with Crippen molar-refractivity contribution >= 4 is 39.2 Å². The van der Waals surface area contributed by atoms with Crippen molar-refractivity contribution in [2.45, 2.75) is 13.3 Å². The Morgan fingerprint density at radius 3 is 2.93 bits per heavy atom. The SMILES string of the molecule is CCc1ncc2c(I)c(N)ccc2n1. The zero-order valence-corrected chi connectivity index (χ0v) is 9.95. The molecule has 2 aromatic rings. The molecule has 4 heteroatoms. The minimum Gasteiger partial charge on any atom is -0.398 e. The molecule has 0 radical (unpaired) electrons. The summed E-state index contributed by atoms with van der Waals surface area (Å²) in [6.07, 6.45) is 2.70. The van der Waals surface area contributed by atoms with Crippen LogP contribution in [-0.4, -0.2) is 9.97 Å². The van der Waals surface area contributed by atoms with Crippen LogP contribution in [0, 0.1) is 3.57 Å². The van der Waals surface area contributed by atoms with Gasteiger partial charge in [0, 0.05) is 27.3 Å². The first-order chi connectivity index (χ1) is 6.72. The lowest BCUT2D eigenvalue weighted by Crippen LogP contribution is -1.96. The number of rotatable bonds is 1. The van der Waals surface area contributed by atoms with Crippen LogP contribution in [0.2, 0.25) is 0 Å². The van der Waals surface area contributed by atoms with Crippen molar-refractivity contribution in [2.24, 2.45) is 0 Å². The number of aryl methyl sites for hydroxylation is 1. The van der Waals surface area contributed by atoms with Crippen molar-refractivity contribution in [2.75, 3.05) is 5.73 Å². The Balaban J connectivity index is 2.74. The molecule has 1 heterocycles. The first-order valence-corrected chi connectivity index (χ1v) is 5.50. The van der Waals surface area contributed by atoms with Crippen LogP contribution >= 0.6 is 22.6 Å². The number of aromatic nitrogens is 2. The van der Waals surface area contributed by atoms with Crippen LogP contribution in [-0.2, 0) is 6.42 Å². The van der Waals surface area contributed by atoms with E-state index in [0.29, 0.717) is 0 Å². The molecule has 2 N–H and O–H groups in total. The molecular formula is C10H10IN3. The second-order valence-corrected chi connectivity index (χ2v) is 4.12. The van der Waals surface area contributed by atoms with E-state index in [1.165, 1.54) is 0 Å². The van der Waals surface area contributed by atoms with Gasteiger partial charge in [0.1, 0.15) is 5.82 Å². The second kappa shape index (κ2) is 3.68. The third-order valence-electron chi connectivity index (χ3n) is 2.10. The highest BCUT2D eigenvalue weighted by Gasteiger charge is 2.04. The molecule has 0 amide bonds. The first-order valence-electron chi connectivity index (χ1n) is 4.42. The van der Waals surface area contributed by atoms with Crippen molar-refractivity contribution in [1.29, 1.82) is 0 Å². The summed E-state index contributed by atoms with van der Waals surface area (Å²) in [5.74, 6) is 0.873. The normalized spacial score (nSPS) is 10.7. The molecule has 0 spiro atoms. The highest BCUT2D eigenvalue weighted by Crippen LogP contribution is 2.23. The van der Waals surface area contributed by atoms with Crippen molar-refractivity contribution in [1.82, 2.24) is 9.97 Å². The Labute approximate surface area is 95.9 Å². The molecule has 72 valence electrons. The average molecular weight is 299 g/mol. The molecule has 0 atom stereocenters. The Morgan fingerprint density at radius 2 is 2.21 bits per heavy atom. The summed E-state index contributed by atoms with van der Waals surface area (Å²) in [6.45, 7) is 2.05. The fraction of sp³-hybridized carbons (Fsp3) is 0.200. The largest absolute Gasteiger partial charge is 0.398 e. The number of halogens is 1. The van der Waals surface area contributed by atoms with E-state index in [1.54, 1.807) is 0 Å². The van der Waals surface area contributed by atoms with Gasteiger partial charge in [0.2, 0.25) is 0 Å². The quantitative estimate of drug-likeness (QED) is 0.650. The summed E-state index contributed by atoms with van der Waals surface area (Å²) in [5.41, 5.74) is 7.54. The molecule has 0 saturated heterocycles. The molecule has 0 fully saturated rings.